The van der Waals surface area contributed by atoms with E-state index in [4.69, 9.17) is 0 Å². The van der Waals surface area contributed by atoms with Crippen molar-refractivity contribution in [1.29, 1.82) is 0 Å². The minimum absolute atomic E-state index is 0.0651. The third-order valence-electron chi connectivity index (χ3n) is 4.27. The van der Waals surface area contributed by atoms with Crippen LogP contribution < -0.4 is 5.32 Å². The van der Waals surface area contributed by atoms with Gasteiger partial charge >= 0.3 is 0 Å². The van der Waals surface area contributed by atoms with Crippen molar-refractivity contribution in [1.82, 2.24) is 10.2 Å². The van der Waals surface area contributed by atoms with Gasteiger partial charge in [-0.15, -0.1) is 0 Å². The lowest BCUT2D eigenvalue weighted by Gasteiger charge is -2.16. The Kier molecular flexibility index (Phi) is 6.56. The van der Waals surface area contributed by atoms with Crippen LogP contribution in [0.2, 0.25) is 0 Å². The third kappa shape index (κ3) is 5.05. The molecule has 0 spiro atoms. The molecule has 0 bridgehead atoms. The van der Waals surface area contributed by atoms with Crippen LogP contribution in [0.3, 0.4) is 0 Å². The highest BCUT2D eigenvalue weighted by Crippen LogP contribution is 2.18. The maximum atomic E-state index is 13.5. The molecule has 2 rings (SSSR count). The Morgan fingerprint density at radius 2 is 2.13 bits per heavy atom. The van der Waals surface area contributed by atoms with E-state index in [1.54, 1.807) is 23.1 Å². The average Bonchev–Trinajstić information content (AvgIpc) is 2.91. The number of benzene rings is 1. The monoisotopic (exact) mass is 320 g/mol. The number of halogens is 1. The van der Waals surface area contributed by atoms with Gasteiger partial charge in [0, 0.05) is 26.1 Å². The lowest BCUT2D eigenvalue weighted by Crippen LogP contribution is -2.34. The molecule has 1 unspecified atom stereocenters. The van der Waals surface area contributed by atoms with Crippen LogP contribution in [0.25, 0.3) is 0 Å². The van der Waals surface area contributed by atoms with E-state index in [1.165, 1.54) is 6.07 Å². The Morgan fingerprint density at radius 3 is 2.87 bits per heavy atom. The average molecular weight is 320 g/mol. The van der Waals surface area contributed by atoms with Gasteiger partial charge in [-0.25, -0.2) is 4.39 Å². The number of carbonyl (C=O) groups excluding carboxylic acids is 2. The predicted octanol–water partition coefficient (Wildman–Crippen LogP) is 2.52. The second-order valence-corrected chi connectivity index (χ2v) is 6.08. The molecule has 1 aromatic rings. The summed E-state index contributed by atoms with van der Waals surface area (Å²) in [6, 6.07) is 6.57. The Labute approximate surface area is 137 Å². The molecule has 1 atom stereocenters. The topological polar surface area (TPSA) is 49.4 Å². The maximum absolute atomic E-state index is 13.5. The zero-order chi connectivity index (χ0) is 16.7. The third-order valence-corrected chi connectivity index (χ3v) is 4.27. The largest absolute Gasteiger partial charge is 0.355 e. The summed E-state index contributed by atoms with van der Waals surface area (Å²) in [7, 11) is 0. The zero-order valence-corrected chi connectivity index (χ0v) is 13.7. The summed E-state index contributed by atoms with van der Waals surface area (Å²) in [6.07, 6.45) is 3.95. The molecule has 0 aromatic heterocycles. The van der Waals surface area contributed by atoms with Crippen molar-refractivity contribution in [2.45, 2.75) is 39.0 Å². The first kappa shape index (κ1) is 17.4. The number of hydrogen-bond donors (Lipinski definition) is 1. The van der Waals surface area contributed by atoms with Gasteiger partial charge in [0.2, 0.25) is 11.8 Å². The second kappa shape index (κ2) is 8.65. The molecule has 1 aliphatic rings. The highest BCUT2D eigenvalue weighted by molar-refractivity contribution is 5.89. The Bertz CT molecular complexity index is 548. The van der Waals surface area contributed by atoms with Crippen LogP contribution >= 0.6 is 0 Å². The predicted molar refractivity (Wildman–Crippen MR) is 87.3 cm³/mol. The van der Waals surface area contributed by atoms with Gasteiger partial charge in [-0.3, -0.25) is 9.59 Å². The maximum Gasteiger partial charge on any atom is 0.225 e. The minimum Gasteiger partial charge on any atom is -0.355 e. The van der Waals surface area contributed by atoms with E-state index < -0.39 is 0 Å². The van der Waals surface area contributed by atoms with Crippen molar-refractivity contribution in [3.63, 3.8) is 0 Å². The van der Waals surface area contributed by atoms with E-state index in [9.17, 15) is 14.0 Å². The fourth-order valence-corrected chi connectivity index (χ4v) is 2.88. The van der Waals surface area contributed by atoms with Gasteiger partial charge in [0.15, 0.2) is 0 Å². The normalized spacial score (nSPS) is 17.6. The van der Waals surface area contributed by atoms with Crippen molar-refractivity contribution in [2.24, 2.45) is 5.92 Å². The fourth-order valence-electron chi connectivity index (χ4n) is 2.88. The SMILES string of the molecule is CCCCCN1CC(C(=O)NCCc2ccccc2F)CC1=O. The summed E-state index contributed by atoms with van der Waals surface area (Å²) in [5.41, 5.74) is 0.594. The standard InChI is InChI=1S/C18H25FN2O2/c1-2-3-6-11-21-13-15(12-17(21)22)18(23)20-10-9-14-7-4-5-8-16(14)19/h4-5,7-8,15H,2-3,6,9-13H2,1H3,(H,20,23). The van der Waals surface area contributed by atoms with E-state index >= 15 is 0 Å². The number of carbonyl (C=O) groups is 2. The summed E-state index contributed by atoms with van der Waals surface area (Å²) in [5, 5.41) is 2.82. The summed E-state index contributed by atoms with van der Waals surface area (Å²) >= 11 is 0. The molecular formula is C18H25FN2O2. The summed E-state index contributed by atoms with van der Waals surface area (Å²) in [6.45, 7) is 3.76. The van der Waals surface area contributed by atoms with Crippen LogP contribution in [0.1, 0.15) is 38.2 Å². The minimum atomic E-state index is -0.273. The van der Waals surface area contributed by atoms with Crippen molar-refractivity contribution < 1.29 is 14.0 Å². The molecule has 0 aliphatic carbocycles. The molecule has 1 fully saturated rings. The van der Waals surface area contributed by atoms with Gasteiger partial charge in [0.25, 0.3) is 0 Å². The zero-order valence-electron chi connectivity index (χ0n) is 13.7. The first-order valence-electron chi connectivity index (χ1n) is 8.40. The number of unbranched alkanes of at least 4 members (excludes halogenated alkanes) is 2. The molecule has 5 heteroatoms. The van der Waals surface area contributed by atoms with Gasteiger partial charge in [-0.1, -0.05) is 38.0 Å². The molecule has 4 nitrogen and oxygen atoms in total. The Balaban J connectivity index is 1.74. The fraction of sp³-hybridized carbons (Fsp3) is 0.556. The van der Waals surface area contributed by atoms with Crippen molar-refractivity contribution >= 4 is 11.8 Å². The number of rotatable bonds is 8. The Morgan fingerprint density at radius 1 is 1.35 bits per heavy atom. The van der Waals surface area contributed by atoms with Crippen LogP contribution in [0.5, 0.6) is 0 Å². The number of nitrogens with one attached hydrogen (secondary N) is 1. The quantitative estimate of drug-likeness (QED) is 0.748. The molecule has 0 radical (unpaired) electrons. The molecule has 1 N–H and O–H groups in total. The van der Waals surface area contributed by atoms with Gasteiger partial charge in [0.1, 0.15) is 5.82 Å². The molecule has 2 amide bonds. The van der Waals surface area contributed by atoms with Crippen LogP contribution in [-0.4, -0.2) is 36.3 Å². The molecule has 126 valence electrons. The van der Waals surface area contributed by atoms with Crippen molar-refractivity contribution in [3.05, 3.63) is 35.6 Å². The van der Waals surface area contributed by atoms with Crippen LogP contribution in [-0.2, 0) is 16.0 Å². The first-order valence-corrected chi connectivity index (χ1v) is 8.40. The lowest BCUT2D eigenvalue weighted by atomic mass is 10.1. The molecule has 1 aromatic carbocycles. The van der Waals surface area contributed by atoms with Gasteiger partial charge in [0.05, 0.1) is 5.92 Å². The molecule has 23 heavy (non-hydrogen) atoms. The number of hydrogen-bond acceptors (Lipinski definition) is 2. The van der Waals surface area contributed by atoms with Crippen molar-refractivity contribution in [2.75, 3.05) is 19.6 Å². The molecule has 1 heterocycles. The highest BCUT2D eigenvalue weighted by atomic mass is 19.1. The van der Waals surface area contributed by atoms with Crippen LogP contribution in [0, 0.1) is 11.7 Å². The number of likely N-dealkylation sites (tertiary alicyclic amines) is 1. The molecule has 0 saturated carbocycles. The van der Waals surface area contributed by atoms with E-state index in [-0.39, 0.29) is 30.0 Å². The van der Waals surface area contributed by atoms with E-state index in [0.717, 1.165) is 25.8 Å². The molecular weight excluding hydrogens is 295 g/mol. The summed E-state index contributed by atoms with van der Waals surface area (Å²) < 4.78 is 13.5. The van der Waals surface area contributed by atoms with E-state index in [0.29, 0.717) is 25.1 Å². The van der Waals surface area contributed by atoms with Crippen LogP contribution in [0.15, 0.2) is 24.3 Å². The second-order valence-electron chi connectivity index (χ2n) is 6.08. The van der Waals surface area contributed by atoms with Crippen molar-refractivity contribution in [3.8, 4) is 0 Å². The lowest BCUT2D eigenvalue weighted by molar-refractivity contribution is -0.129. The number of amides is 2. The van der Waals surface area contributed by atoms with E-state index in [2.05, 4.69) is 12.2 Å². The van der Waals surface area contributed by atoms with Gasteiger partial charge < -0.3 is 10.2 Å². The summed E-state index contributed by atoms with van der Waals surface area (Å²) in [5.74, 6) is -0.562. The summed E-state index contributed by atoms with van der Waals surface area (Å²) in [4.78, 5) is 25.9. The van der Waals surface area contributed by atoms with Gasteiger partial charge in [-0.05, 0) is 24.5 Å². The smallest absolute Gasteiger partial charge is 0.225 e. The van der Waals surface area contributed by atoms with Gasteiger partial charge in [-0.2, -0.15) is 0 Å². The molecule has 1 saturated heterocycles. The molecule has 1 aliphatic heterocycles. The number of nitrogens with zero attached hydrogens (tertiary/aromatic N) is 1. The van der Waals surface area contributed by atoms with Crippen LogP contribution in [0.4, 0.5) is 4.39 Å². The Hall–Kier alpha value is -1.91. The highest BCUT2D eigenvalue weighted by Gasteiger charge is 2.33. The van der Waals surface area contributed by atoms with E-state index in [1.807, 2.05) is 0 Å². The first-order chi connectivity index (χ1) is 11.1.